The number of anilines is 2. The van der Waals surface area contributed by atoms with Crippen LogP contribution in [0.5, 0.6) is 0 Å². The molecule has 1 aliphatic rings. The molecule has 3 nitrogen and oxygen atoms in total. The first-order valence-corrected chi connectivity index (χ1v) is 6.57. The van der Waals surface area contributed by atoms with Crippen LogP contribution in [0.15, 0.2) is 23.1 Å². The SMILES string of the molecule is CN(C)CCN1CCSc2ccc(N)cc21. The van der Waals surface area contributed by atoms with Crippen LogP contribution >= 0.6 is 11.8 Å². The van der Waals surface area contributed by atoms with Gasteiger partial charge in [-0.15, -0.1) is 11.8 Å². The Morgan fingerprint density at radius 2 is 2.25 bits per heavy atom. The molecule has 1 aromatic carbocycles. The van der Waals surface area contributed by atoms with Crippen molar-refractivity contribution >= 4 is 23.1 Å². The van der Waals surface area contributed by atoms with Gasteiger partial charge in [-0.1, -0.05) is 0 Å². The Morgan fingerprint density at radius 1 is 1.44 bits per heavy atom. The molecule has 0 saturated heterocycles. The topological polar surface area (TPSA) is 32.5 Å². The van der Waals surface area contributed by atoms with Crippen molar-refractivity contribution in [1.29, 1.82) is 0 Å². The fourth-order valence-corrected chi connectivity index (χ4v) is 2.87. The maximum atomic E-state index is 5.85. The lowest BCUT2D eigenvalue weighted by Gasteiger charge is -2.31. The van der Waals surface area contributed by atoms with Gasteiger partial charge in [-0.3, -0.25) is 0 Å². The van der Waals surface area contributed by atoms with Crippen molar-refractivity contribution in [2.45, 2.75) is 4.90 Å². The molecule has 0 spiro atoms. The molecule has 0 aliphatic carbocycles. The summed E-state index contributed by atoms with van der Waals surface area (Å²) in [7, 11) is 4.22. The van der Waals surface area contributed by atoms with Crippen LogP contribution in [0.1, 0.15) is 0 Å². The Morgan fingerprint density at radius 3 is 3.00 bits per heavy atom. The molecule has 0 fully saturated rings. The zero-order valence-corrected chi connectivity index (χ0v) is 10.8. The quantitative estimate of drug-likeness (QED) is 0.812. The predicted octanol–water partition coefficient (Wildman–Crippen LogP) is 1.74. The lowest BCUT2D eigenvalue weighted by atomic mass is 10.2. The zero-order chi connectivity index (χ0) is 11.5. The molecule has 16 heavy (non-hydrogen) atoms. The molecule has 2 rings (SSSR count). The minimum Gasteiger partial charge on any atom is -0.399 e. The molecule has 2 N–H and O–H groups in total. The third-order valence-electron chi connectivity index (χ3n) is 2.76. The molecule has 4 heteroatoms. The molecule has 0 amide bonds. The van der Waals surface area contributed by atoms with Gasteiger partial charge in [0, 0.05) is 36.0 Å². The van der Waals surface area contributed by atoms with E-state index in [4.69, 9.17) is 5.73 Å². The summed E-state index contributed by atoms with van der Waals surface area (Å²) in [5.74, 6) is 1.17. The number of likely N-dealkylation sites (N-methyl/N-ethyl adjacent to an activating group) is 1. The summed E-state index contributed by atoms with van der Waals surface area (Å²) in [5.41, 5.74) is 8.01. The van der Waals surface area contributed by atoms with Crippen LogP contribution in [0.2, 0.25) is 0 Å². The molecular weight excluding hydrogens is 218 g/mol. The van der Waals surface area contributed by atoms with Gasteiger partial charge in [0.25, 0.3) is 0 Å². The van der Waals surface area contributed by atoms with E-state index in [1.54, 1.807) is 0 Å². The number of fused-ring (bicyclic) bond motifs is 1. The molecule has 0 unspecified atom stereocenters. The summed E-state index contributed by atoms with van der Waals surface area (Å²) in [6, 6.07) is 6.22. The number of nitrogen functional groups attached to an aromatic ring is 1. The van der Waals surface area contributed by atoms with Gasteiger partial charge in [0.2, 0.25) is 0 Å². The van der Waals surface area contributed by atoms with Crippen LogP contribution in [0, 0.1) is 0 Å². The summed E-state index contributed by atoms with van der Waals surface area (Å²) >= 11 is 1.92. The smallest absolute Gasteiger partial charge is 0.0525 e. The summed E-state index contributed by atoms with van der Waals surface area (Å²) < 4.78 is 0. The van der Waals surface area contributed by atoms with Crippen molar-refractivity contribution in [1.82, 2.24) is 4.90 Å². The number of hydrogen-bond acceptors (Lipinski definition) is 4. The second-order valence-corrected chi connectivity index (χ2v) is 5.50. The molecule has 1 aliphatic heterocycles. The minimum atomic E-state index is 0.858. The van der Waals surface area contributed by atoms with Crippen molar-refractivity contribution in [3.05, 3.63) is 18.2 Å². The van der Waals surface area contributed by atoms with E-state index in [1.165, 1.54) is 16.3 Å². The van der Waals surface area contributed by atoms with E-state index in [-0.39, 0.29) is 0 Å². The van der Waals surface area contributed by atoms with Crippen LogP contribution < -0.4 is 10.6 Å². The lowest BCUT2D eigenvalue weighted by molar-refractivity contribution is 0.413. The number of thioether (sulfide) groups is 1. The number of nitrogens with two attached hydrogens (primary N) is 1. The molecule has 0 bridgehead atoms. The van der Waals surface area contributed by atoms with E-state index < -0.39 is 0 Å². The molecule has 0 radical (unpaired) electrons. The Hall–Kier alpha value is -0.870. The van der Waals surface area contributed by atoms with Crippen LogP contribution in [0.4, 0.5) is 11.4 Å². The van der Waals surface area contributed by atoms with Crippen molar-refractivity contribution < 1.29 is 0 Å². The van der Waals surface area contributed by atoms with E-state index >= 15 is 0 Å². The normalized spacial score (nSPS) is 15.3. The highest BCUT2D eigenvalue weighted by Gasteiger charge is 2.17. The first-order valence-electron chi connectivity index (χ1n) is 5.59. The highest BCUT2D eigenvalue weighted by Crippen LogP contribution is 2.35. The van der Waals surface area contributed by atoms with Gasteiger partial charge in [0.05, 0.1) is 5.69 Å². The standard InChI is InChI=1S/C12H19N3S/c1-14(2)5-6-15-7-8-16-12-4-3-10(13)9-11(12)15/h3-4,9H,5-8,13H2,1-2H3. The minimum absolute atomic E-state index is 0.858. The van der Waals surface area contributed by atoms with E-state index in [2.05, 4.69) is 36.0 Å². The van der Waals surface area contributed by atoms with Crippen LogP contribution in [-0.4, -0.2) is 44.4 Å². The second kappa shape index (κ2) is 4.97. The van der Waals surface area contributed by atoms with Gasteiger partial charge in [-0.05, 0) is 32.3 Å². The van der Waals surface area contributed by atoms with E-state index in [1.807, 2.05) is 17.8 Å². The predicted molar refractivity (Wildman–Crippen MR) is 72.3 cm³/mol. The average Bonchev–Trinajstić information content (AvgIpc) is 2.26. The molecular formula is C12H19N3S. The molecule has 88 valence electrons. The molecule has 0 aromatic heterocycles. The molecule has 0 saturated carbocycles. The van der Waals surface area contributed by atoms with Crippen LogP contribution in [0.25, 0.3) is 0 Å². The number of rotatable bonds is 3. The van der Waals surface area contributed by atoms with Gasteiger partial charge in [-0.25, -0.2) is 0 Å². The van der Waals surface area contributed by atoms with Crippen LogP contribution in [-0.2, 0) is 0 Å². The Kier molecular flexibility index (Phi) is 3.61. The number of hydrogen-bond donors (Lipinski definition) is 1. The molecule has 0 atom stereocenters. The van der Waals surface area contributed by atoms with Gasteiger partial charge in [0.1, 0.15) is 0 Å². The monoisotopic (exact) mass is 237 g/mol. The van der Waals surface area contributed by atoms with Gasteiger partial charge in [-0.2, -0.15) is 0 Å². The highest BCUT2D eigenvalue weighted by atomic mass is 32.2. The zero-order valence-electron chi connectivity index (χ0n) is 9.94. The van der Waals surface area contributed by atoms with Gasteiger partial charge in [0.15, 0.2) is 0 Å². The van der Waals surface area contributed by atoms with Crippen molar-refractivity contribution in [3.63, 3.8) is 0 Å². The van der Waals surface area contributed by atoms with Crippen molar-refractivity contribution in [3.8, 4) is 0 Å². The Balaban J connectivity index is 2.15. The largest absolute Gasteiger partial charge is 0.399 e. The highest BCUT2D eigenvalue weighted by molar-refractivity contribution is 7.99. The fourth-order valence-electron chi connectivity index (χ4n) is 1.84. The van der Waals surface area contributed by atoms with E-state index in [9.17, 15) is 0 Å². The lowest BCUT2D eigenvalue weighted by Crippen LogP contribution is -2.35. The van der Waals surface area contributed by atoms with Gasteiger partial charge < -0.3 is 15.5 Å². The third-order valence-corrected chi connectivity index (χ3v) is 3.80. The van der Waals surface area contributed by atoms with Crippen LogP contribution in [0.3, 0.4) is 0 Å². The maximum Gasteiger partial charge on any atom is 0.0525 e. The number of nitrogens with zero attached hydrogens (tertiary/aromatic N) is 2. The summed E-state index contributed by atoms with van der Waals surface area (Å²) in [6.45, 7) is 3.28. The maximum absolute atomic E-state index is 5.85. The summed E-state index contributed by atoms with van der Waals surface area (Å²) in [5, 5.41) is 0. The number of benzene rings is 1. The fraction of sp³-hybridized carbons (Fsp3) is 0.500. The first-order chi connectivity index (χ1) is 7.66. The van der Waals surface area contributed by atoms with Gasteiger partial charge >= 0.3 is 0 Å². The van der Waals surface area contributed by atoms with E-state index in [0.29, 0.717) is 0 Å². The first kappa shape index (κ1) is 11.6. The van der Waals surface area contributed by atoms with E-state index in [0.717, 1.165) is 25.3 Å². The Labute approximate surface area is 102 Å². The van der Waals surface area contributed by atoms with Crippen molar-refractivity contribution in [2.24, 2.45) is 0 Å². The van der Waals surface area contributed by atoms with Crippen molar-refractivity contribution in [2.75, 3.05) is 50.1 Å². The Bertz CT molecular complexity index is 365. The molecule has 1 aromatic rings. The summed E-state index contributed by atoms with van der Waals surface area (Å²) in [6.07, 6.45) is 0. The average molecular weight is 237 g/mol. The second-order valence-electron chi connectivity index (χ2n) is 4.37. The molecule has 1 heterocycles. The third kappa shape index (κ3) is 2.62. The summed E-state index contributed by atoms with van der Waals surface area (Å²) in [4.78, 5) is 6.01.